The highest BCUT2D eigenvalue weighted by Crippen LogP contribution is 2.51. The molecule has 2 aliphatic rings. The van der Waals surface area contributed by atoms with Gasteiger partial charge in [-0.3, -0.25) is 4.79 Å². The summed E-state index contributed by atoms with van der Waals surface area (Å²) < 4.78 is 15.9. The van der Waals surface area contributed by atoms with Crippen LogP contribution < -0.4 is 14.4 Å². The third kappa shape index (κ3) is 12.0. The number of aliphatic hydroxyl groups is 2. The fourth-order valence-corrected chi connectivity index (χ4v) is 7.65. The molecule has 8 N–H and O–H groups in total. The Bertz CT molecular complexity index is 2490. The molecule has 4 aromatic carbocycles. The van der Waals surface area contributed by atoms with Gasteiger partial charge in [-0.15, -0.1) is 0 Å². The Morgan fingerprint density at radius 2 is 1.38 bits per heavy atom. The monoisotopic (exact) mass is 920 g/mol. The molecule has 2 aliphatic heterocycles. The van der Waals surface area contributed by atoms with Crippen molar-refractivity contribution in [3.05, 3.63) is 100 Å². The van der Waals surface area contributed by atoms with Crippen molar-refractivity contribution >= 4 is 65.2 Å². The van der Waals surface area contributed by atoms with Gasteiger partial charge in [0.25, 0.3) is 0 Å². The van der Waals surface area contributed by atoms with Crippen LogP contribution >= 0.6 is 11.8 Å². The number of aldehydes is 1. The van der Waals surface area contributed by atoms with E-state index < -0.39 is 94.3 Å². The molecule has 0 spiro atoms. The number of aryl methyl sites for hydroxylation is 1. The van der Waals surface area contributed by atoms with E-state index in [1.54, 1.807) is 0 Å². The summed E-state index contributed by atoms with van der Waals surface area (Å²) in [5, 5.41) is 71.4. The van der Waals surface area contributed by atoms with Crippen LogP contribution in [0, 0.1) is 19.8 Å². The minimum absolute atomic E-state index is 0.169. The van der Waals surface area contributed by atoms with Gasteiger partial charge in [-0.05, 0) is 69.8 Å². The average molecular weight is 921 g/mol. The minimum atomic E-state index is -2.27. The average Bonchev–Trinajstić information content (AvgIpc) is 3.38. The number of anilines is 2. The number of aromatic hydroxyl groups is 2. The maximum Gasteiger partial charge on any atom is 0.347 e. The molecule has 20 nitrogen and oxygen atoms in total. The number of aromatic carboxylic acids is 1. The Balaban J connectivity index is 0.000000251. The molecule has 344 valence electrons. The van der Waals surface area contributed by atoms with Crippen LogP contribution in [-0.2, 0) is 30.5 Å². The number of carboxylic acids is 4. The summed E-state index contributed by atoms with van der Waals surface area (Å²) >= 11 is 1.88. The van der Waals surface area contributed by atoms with E-state index in [9.17, 15) is 48.9 Å². The summed E-state index contributed by atoms with van der Waals surface area (Å²) in [7, 11) is 4.29. The lowest BCUT2D eigenvalue weighted by Gasteiger charge is -2.35. The van der Waals surface area contributed by atoms with Gasteiger partial charge in [-0.1, -0.05) is 43.0 Å². The Labute approximate surface area is 374 Å². The van der Waals surface area contributed by atoms with Gasteiger partial charge in [0.2, 0.25) is 0 Å². The zero-order chi connectivity index (χ0) is 48.4. The third-order valence-corrected chi connectivity index (χ3v) is 10.5. The van der Waals surface area contributed by atoms with Crippen molar-refractivity contribution in [1.29, 1.82) is 0 Å². The van der Waals surface area contributed by atoms with Gasteiger partial charge in [-0.25, -0.2) is 28.8 Å². The maximum absolute atomic E-state index is 12.9. The quantitative estimate of drug-likeness (QED) is 0.0393. The molecule has 0 fully saturated rings. The van der Waals surface area contributed by atoms with Crippen molar-refractivity contribution < 1.29 is 88.6 Å². The smallest absolute Gasteiger partial charge is 0.347 e. The van der Waals surface area contributed by atoms with Crippen molar-refractivity contribution in [3.63, 3.8) is 0 Å². The summed E-state index contributed by atoms with van der Waals surface area (Å²) in [5.41, 5.74) is 0.877. The van der Waals surface area contributed by atoms with Crippen molar-refractivity contribution in [1.82, 2.24) is 4.90 Å². The number of benzene rings is 4. The van der Waals surface area contributed by atoms with E-state index in [1.165, 1.54) is 35.0 Å². The molecule has 0 aliphatic carbocycles. The Morgan fingerprint density at radius 3 is 1.88 bits per heavy atom. The lowest BCUT2D eigenvalue weighted by atomic mass is 10.0. The summed E-state index contributed by atoms with van der Waals surface area (Å²) in [6.07, 6.45) is -3.23. The number of nitrogens with zero attached hydrogens (tertiary/aromatic N) is 2. The van der Waals surface area contributed by atoms with E-state index in [-0.39, 0.29) is 28.7 Å². The number of rotatable bonds is 13. The number of aliphatic hydroxyl groups excluding tert-OH is 2. The number of carbonyl (C=O) groups is 7. The van der Waals surface area contributed by atoms with Crippen LogP contribution in [-0.4, -0.2) is 127 Å². The van der Waals surface area contributed by atoms with Crippen molar-refractivity contribution in [2.24, 2.45) is 5.92 Å². The van der Waals surface area contributed by atoms with Crippen molar-refractivity contribution in [3.8, 4) is 28.7 Å². The zero-order valence-electron chi connectivity index (χ0n) is 35.2. The first-order valence-electron chi connectivity index (χ1n) is 19.1. The van der Waals surface area contributed by atoms with Crippen molar-refractivity contribution in [2.45, 2.75) is 49.4 Å². The number of fused-ring (bicyclic) bond motifs is 4. The highest BCUT2D eigenvalue weighted by molar-refractivity contribution is 7.99. The van der Waals surface area contributed by atoms with Gasteiger partial charge in [0.05, 0.1) is 22.5 Å². The first kappa shape index (κ1) is 50.2. The first-order chi connectivity index (χ1) is 30.6. The van der Waals surface area contributed by atoms with Gasteiger partial charge < -0.3 is 64.9 Å². The topological polar surface area (TPSA) is 315 Å². The fraction of sp³-hybridized carbons (Fsp3) is 0.250. The fourth-order valence-electron chi connectivity index (χ4n) is 6.56. The number of esters is 2. The highest BCUT2D eigenvalue weighted by Gasteiger charge is 2.36. The van der Waals surface area contributed by atoms with E-state index in [4.69, 9.17) is 39.7 Å². The normalized spacial score (nSPS) is 13.5. The molecule has 3 unspecified atom stereocenters. The second-order valence-electron chi connectivity index (χ2n) is 14.6. The number of para-hydroxylation sites is 2. The number of phenols is 2. The number of aliphatic carboxylic acids is 3. The molecule has 21 heteroatoms. The number of ether oxygens (including phenoxy) is 3. The second-order valence-corrected chi connectivity index (χ2v) is 15.7. The van der Waals surface area contributed by atoms with Crippen molar-refractivity contribution in [2.75, 3.05) is 32.1 Å². The second kappa shape index (κ2) is 21.8. The van der Waals surface area contributed by atoms with E-state index in [0.717, 1.165) is 19.2 Å². The Kier molecular flexibility index (Phi) is 16.8. The van der Waals surface area contributed by atoms with Gasteiger partial charge >= 0.3 is 35.8 Å². The van der Waals surface area contributed by atoms with Crippen LogP contribution in [0.25, 0.3) is 0 Å². The molecule has 0 amide bonds. The predicted octanol–water partition coefficient (Wildman–Crippen LogP) is 4.60. The van der Waals surface area contributed by atoms with Gasteiger partial charge in [-0.2, -0.15) is 0 Å². The molecule has 6 rings (SSSR count). The van der Waals surface area contributed by atoms with E-state index in [1.807, 2.05) is 11.8 Å². The molecule has 0 aromatic heterocycles. The first-order valence-corrected chi connectivity index (χ1v) is 19.9. The van der Waals surface area contributed by atoms with E-state index in [0.29, 0.717) is 18.1 Å². The van der Waals surface area contributed by atoms with Gasteiger partial charge in [0.1, 0.15) is 29.2 Å². The maximum atomic E-state index is 12.9. The largest absolute Gasteiger partial charge is 0.507 e. The molecular weight excluding hydrogens is 877 g/mol. The van der Waals surface area contributed by atoms with Crippen LogP contribution in [0.4, 0.5) is 11.4 Å². The third-order valence-electron chi connectivity index (χ3n) is 9.38. The summed E-state index contributed by atoms with van der Waals surface area (Å²) in [6.45, 7) is 6.31. The Hall–Kier alpha value is -7.46. The predicted molar refractivity (Wildman–Crippen MR) is 229 cm³/mol. The molecule has 2 heterocycles. The number of phenolic OH excluding ortho intramolecular Hbond substituents is 1. The molecule has 0 bridgehead atoms. The molecule has 4 aromatic rings. The lowest BCUT2D eigenvalue weighted by Crippen LogP contribution is -2.39. The van der Waals surface area contributed by atoms with Crippen LogP contribution in [0.1, 0.15) is 54.7 Å². The molecule has 0 radical (unpaired) electrons. The SMILES string of the molecule is CC(CN(C)C)CN1c2ccccc2Sc2ccccc21.Cc1cc(O)c(C=O)c2c1C(=O)Oc1c(COC(=O)C=CC(=O)O)c(O)c(C(=O)O)c(C)c1O2.O=C(O)C(O)C(O)C(=O)O. The minimum Gasteiger partial charge on any atom is -0.507 e. The lowest BCUT2D eigenvalue weighted by molar-refractivity contribution is -0.165. The highest BCUT2D eigenvalue weighted by atomic mass is 32.2. The number of hydrogen-bond acceptors (Lipinski definition) is 17. The molecule has 65 heavy (non-hydrogen) atoms. The standard InChI is InChI=1S/C22H16O12.C18H22N2S.C4H6O6/c1-8-5-12(24)10(6-23)19-15(8)22(31)34-20-11(7-32-14(27)4-3-13(25)26)17(28)16(21(29)30)9(2)18(20)33-19;1-14(12-19(2)3)13-20-15-8-4-6-10-17(15)21-18-11-7-5-9-16(18)20;5-1(3(7)8)2(6)4(9)10/h3-6,24,28H,7H2,1-2H3,(H,25,26)(H,29,30);4-11,14H,12-13H2,1-3H3;1-2,5-6H,(H,7,8)(H,9,10). The number of carboxylic acid groups (broad SMARTS) is 4. The van der Waals surface area contributed by atoms with E-state index in [2.05, 4.69) is 79.3 Å². The van der Waals surface area contributed by atoms with Gasteiger partial charge in [0, 0.05) is 40.6 Å². The van der Waals surface area contributed by atoms with E-state index >= 15 is 0 Å². The summed E-state index contributed by atoms with van der Waals surface area (Å²) in [4.78, 5) is 85.6. The Morgan fingerprint density at radius 1 is 0.831 bits per heavy atom. The molecular formula is C44H44N2O18S. The summed E-state index contributed by atoms with van der Waals surface area (Å²) in [6, 6.07) is 18.6. The number of hydrogen-bond donors (Lipinski definition) is 8. The summed E-state index contributed by atoms with van der Waals surface area (Å²) in [5.74, 6) is -10.8. The molecule has 3 atom stereocenters. The van der Waals surface area contributed by atoms with Crippen LogP contribution in [0.5, 0.6) is 28.7 Å². The molecule has 0 saturated carbocycles. The zero-order valence-corrected chi connectivity index (χ0v) is 36.1. The van der Waals surface area contributed by atoms with Crippen LogP contribution in [0.3, 0.4) is 0 Å². The number of carbonyl (C=O) groups excluding carboxylic acids is 3. The van der Waals surface area contributed by atoms with Gasteiger partial charge in [0.15, 0.2) is 35.7 Å². The molecule has 0 saturated heterocycles. The van der Waals surface area contributed by atoms with Crippen LogP contribution in [0.15, 0.2) is 76.5 Å². The van der Waals surface area contributed by atoms with Crippen LogP contribution in [0.2, 0.25) is 0 Å².